The molecule has 0 aromatic carbocycles. The van der Waals surface area contributed by atoms with Crippen LogP contribution in [0.2, 0.25) is 0 Å². The fraction of sp³-hybridized carbons (Fsp3) is 0.611. The van der Waals surface area contributed by atoms with Crippen molar-refractivity contribution in [3.05, 3.63) is 29.7 Å². The summed E-state index contributed by atoms with van der Waals surface area (Å²) in [6.45, 7) is 8.68. The number of guanidine groups is 1. The van der Waals surface area contributed by atoms with Gasteiger partial charge in [-0.05, 0) is 31.9 Å². The zero-order valence-electron chi connectivity index (χ0n) is 16.5. The van der Waals surface area contributed by atoms with Gasteiger partial charge in [0.1, 0.15) is 0 Å². The average molecular weight is 397 g/mol. The highest BCUT2D eigenvalue weighted by atomic mass is 19.4. The van der Waals surface area contributed by atoms with Crippen LogP contribution in [0.5, 0.6) is 0 Å². The predicted octanol–water partition coefficient (Wildman–Crippen LogP) is 2.14. The summed E-state index contributed by atoms with van der Waals surface area (Å²) in [5, 5.41) is 14.5. The molecular formula is C18H26F3N7. The number of pyridine rings is 1. The number of aromatic nitrogens is 3. The lowest BCUT2D eigenvalue weighted by Crippen LogP contribution is -2.46. The second-order valence-corrected chi connectivity index (χ2v) is 7.46. The average Bonchev–Trinajstić information content (AvgIpc) is 3.21. The van der Waals surface area contributed by atoms with Gasteiger partial charge in [-0.2, -0.15) is 13.2 Å². The number of rotatable bonds is 4. The molecule has 2 atom stereocenters. The Morgan fingerprint density at radius 1 is 1.29 bits per heavy atom. The summed E-state index contributed by atoms with van der Waals surface area (Å²) in [4.78, 5) is 6.63. The maximum atomic E-state index is 13.0. The fourth-order valence-electron chi connectivity index (χ4n) is 3.37. The van der Waals surface area contributed by atoms with Crippen molar-refractivity contribution in [2.75, 3.05) is 20.1 Å². The van der Waals surface area contributed by atoms with Gasteiger partial charge in [0, 0.05) is 38.4 Å². The largest absolute Gasteiger partial charge is 0.417 e. The lowest BCUT2D eigenvalue weighted by molar-refractivity contribution is -0.137. The van der Waals surface area contributed by atoms with Gasteiger partial charge in [-0.1, -0.05) is 6.92 Å². The molecule has 1 fully saturated rings. The van der Waals surface area contributed by atoms with Crippen LogP contribution in [0, 0.1) is 5.92 Å². The Kier molecular flexibility index (Phi) is 5.78. The van der Waals surface area contributed by atoms with Crippen molar-refractivity contribution in [2.24, 2.45) is 10.9 Å². The molecular weight excluding hydrogens is 371 g/mol. The standard InChI is InChI=1S/C18H26F3N7/c1-11(2)27-8-12(3)14(10-27)24-17(22-4)23-7-16-26-25-15-6-5-13(9-28(15)16)18(19,20)21/h5-6,9,11-12,14H,7-8,10H2,1-4H3,(H2,22,23,24). The number of halogens is 3. The highest BCUT2D eigenvalue weighted by Crippen LogP contribution is 2.29. The number of nitrogens with one attached hydrogen (secondary N) is 2. The van der Waals surface area contributed by atoms with E-state index in [1.807, 2.05) is 0 Å². The first-order valence-corrected chi connectivity index (χ1v) is 9.31. The molecule has 2 aromatic rings. The number of fused-ring (bicyclic) bond motifs is 1. The van der Waals surface area contributed by atoms with Gasteiger partial charge in [-0.15, -0.1) is 10.2 Å². The number of nitrogens with zero attached hydrogens (tertiary/aromatic N) is 5. The zero-order valence-corrected chi connectivity index (χ0v) is 16.5. The van der Waals surface area contributed by atoms with E-state index in [9.17, 15) is 13.2 Å². The molecule has 0 bridgehead atoms. The summed E-state index contributed by atoms with van der Waals surface area (Å²) in [5.41, 5.74) is -0.373. The van der Waals surface area contributed by atoms with E-state index in [2.05, 4.69) is 51.5 Å². The van der Waals surface area contributed by atoms with Crippen LogP contribution < -0.4 is 10.6 Å². The van der Waals surface area contributed by atoms with Gasteiger partial charge >= 0.3 is 6.18 Å². The smallest absolute Gasteiger partial charge is 0.352 e. The topological polar surface area (TPSA) is 69.8 Å². The zero-order chi connectivity index (χ0) is 20.5. The van der Waals surface area contributed by atoms with E-state index in [-0.39, 0.29) is 12.6 Å². The first-order valence-electron chi connectivity index (χ1n) is 9.31. The molecule has 1 saturated heterocycles. The van der Waals surface area contributed by atoms with Crippen LogP contribution in [0.1, 0.15) is 32.2 Å². The van der Waals surface area contributed by atoms with Crippen molar-refractivity contribution in [3.63, 3.8) is 0 Å². The molecule has 154 valence electrons. The molecule has 28 heavy (non-hydrogen) atoms. The third kappa shape index (κ3) is 4.37. The minimum Gasteiger partial charge on any atom is -0.352 e. The van der Waals surface area contributed by atoms with E-state index in [1.54, 1.807) is 7.05 Å². The summed E-state index contributed by atoms with van der Waals surface area (Å²) >= 11 is 0. The van der Waals surface area contributed by atoms with Gasteiger partial charge in [0.15, 0.2) is 17.4 Å². The second-order valence-electron chi connectivity index (χ2n) is 7.46. The lowest BCUT2D eigenvalue weighted by Gasteiger charge is -2.21. The summed E-state index contributed by atoms with van der Waals surface area (Å²) < 4.78 is 40.3. The molecule has 0 spiro atoms. The highest BCUT2D eigenvalue weighted by molar-refractivity contribution is 5.80. The Bertz CT molecular complexity index is 843. The quantitative estimate of drug-likeness (QED) is 0.611. The Morgan fingerprint density at radius 2 is 2.04 bits per heavy atom. The van der Waals surface area contributed by atoms with Crippen molar-refractivity contribution in [1.82, 2.24) is 30.1 Å². The maximum absolute atomic E-state index is 13.0. The summed E-state index contributed by atoms with van der Waals surface area (Å²) in [5.74, 6) is 1.43. The van der Waals surface area contributed by atoms with E-state index in [4.69, 9.17) is 0 Å². The van der Waals surface area contributed by atoms with Crippen molar-refractivity contribution in [3.8, 4) is 0 Å². The number of hydrogen-bond acceptors (Lipinski definition) is 4. The number of alkyl halides is 3. The second kappa shape index (κ2) is 7.94. The molecule has 2 N–H and O–H groups in total. The van der Waals surface area contributed by atoms with E-state index < -0.39 is 11.7 Å². The van der Waals surface area contributed by atoms with Gasteiger partial charge in [0.2, 0.25) is 0 Å². The summed E-state index contributed by atoms with van der Waals surface area (Å²) in [6, 6.07) is 3.05. The van der Waals surface area contributed by atoms with Crippen molar-refractivity contribution in [2.45, 2.75) is 45.6 Å². The number of likely N-dealkylation sites (tertiary alicyclic amines) is 1. The van der Waals surface area contributed by atoms with Crippen LogP contribution in [-0.4, -0.2) is 57.7 Å². The molecule has 10 heteroatoms. The van der Waals surface area contributed by atoms with Crippen LogP contribution >= 0.6 is 0 Å². The Hall–Kier alpha value is -2.36. The molecule has 7 nitrogen and oxygen atoms in total. The van der Waals surface area contributed by atoms with Crippen LogP contribution in [0.25, 0.3) is 5.65 Å². The molecule has 0 saturated carbocycles. The predicted molar refractivity (Wildman–Crippen MR) is 101 cm³/mol. The van der Waals surface area contributed by atoms with Gasteiger partial charge in [-0.25, -0.2) is 0 Å². The van der Waals surface area contributed by atoms with Gasteiger partial charge in [0.05, 0.1) is 12.1 Å². The van der Waals surface area contributed by atoms with Gasteiger partial charge in [0.25, 0.3) is 0 Å². The molecule has 1 aliphatic rings. The van der Waals surface area contributed by atoms with E-state index in [0.29, 0.717) is 29.4 Å². The molecule has 2 aromatic heterocycles. The van der Waals surface area contributed by atoms with Crippen molar-refractivity contribution in [1.29, 1.82) is 0 Å². The monoisotopic (exact) mass is 397 g/mol. The Morgan fingerprint density at radius 3 is 2.64 bits per heavy atom. The Labute approximate surface area is 162 Å². The number of aliphatic imine (C=N–C) groups is 1. The minimum atomic E-state index is -4.42. The highest BCUT2D eigenvalue weighted by Gasteiger charge is 2.32. The minimum absolute atomic E-state index is 0.206. The fourth-order valence-corrected chi connectivity index (χ4v) is 3.37. The molecule has 1 aliphatic heterocycles. The van der Waals surface area contributed by atoms with Crippen molar-refractivity contribution < 1.29 is 13.2 Å². The van der Waals surface area contributed by atoms with Gasteiger partial charge < -0.3 is 10.6 Å². The molecule has 0 amide bonds. The third-order valence-electron chi connectivity index (χ3n) is 5.13. The van der Waals surface area contributed by atoms with E-state index in [0.717, 1.165) is 25.4 Å². The van der Waals surface area contributed by atoms with Crippen LogP contribution in [0.3, 0.4) is 0 Å². The van der Waals surface area contributed by atoms with E-state index >= 15 is 0 Å². The van der Waals surface area contributed by atoms with E-state index in [1.165, 1.54) is 10.5 Å². The number of hydrogen-bond donors (Lipinski definition) is 2. The maximum Gasteiger partial charge on any atom is 0.417 e. The molecule has 3 rings (SSSR count). The lowest BCUT2D eigenvalue weighted by atomic mass is 10.1. The molecule has 0 aliphatic carbocycles. The molecule has 0 radical (unpaired) electrons. The first kappa shape index (κ1) is 20.4. The first-order chi connectivity index (χ1) is 13.2. The van der Waals surface area contributed by atoms with Crippen LogP contribution in [0.4, 0.5) is 13.2 Å². The Balaban J connectivity index is 1.67. The molecule has 3 heterocycles. The normalized spacial score (nSPS) is 21.6. The summed E-state index contributed by atoms with van der Waals surface area (Å²) in [7, 11) is 1.67. The van der Waals surface area contributed by atoms with Crippen molar-refractivity contribution >= 4 is 11.6 Å². The SMILES string of the molecule is CN=C(NCc1nnc2ccc(C(F)(F)F)cn12)NC1CN(C(C)C)CC1C. The van der Waals surface area contributed by atoms with Crippen LogP contribution in [-0.2, 0) is 12.7 Å². The molecule has 2 unspecified atom stereocenters. The van der Waals surface area contributed by atoms with Gasteiger partial charge in [-0.3, -0.25) is 14.3 Å². The summed E-state index contributed by atoms with van der Waals surface area (Å²) in [6.07, 6.45) is -3.40. The third-order valence-corrected chi connectivity index (χ3v) is 5.13. The van der Waals surface area contributed by atoms with Crippen LogP contribution in [0.15, 0.2) is 23.3 Å².